The molecular formula is C15H17N3O2S. The third kappa shape index (κ3) is 2.76. The highest BCUT2D eigenvalue weighted by Crippen LogP contribution is 2.19. The van der Waals surface area contributed by atoms with Crippen LogP contribution in [0.3, 0.4) is 0 Å². The molecule has 1 fully saturated rings. The van der Waals surface area contributed by atoms with E-state index in [1.54, 1.807) is 11.8 Å². The van der Waals surface area contributed by atoms with Crippen molar-refractivity contribution in [1.29, 1.82) is 0 Å². The minimum Gasteiger partial charge on any atom is -0.361 e. The molecular weight excluding hydrogens is 286 g/mol. The van der Waals surface area contributed by atoms with Crippen molar-refractivity contribution in [1.82, 2.24) is 15.6 Å². The van der Waals surface area contributed by atoms with Crippen molar-refractivity contribution >= 4 is 34.5 Å². The number of aromatic amines is 1. The van der Waals surface area contributed by atoms with Crippen molar-refractivity contribution in [2.45, 2.75) is 18.5 Å². The molecule has 5 nitrogen and oxygen atoms in total. The van der Waals surface area contributed by atoms with Gasteiger partial charge in [0.2, 0.25) is 11.8 Å². The van der Waals surface area contributed by atoms with Crippen LogP contribution in [-0.4, -0.2) is 40.9 Å². The van der Waals surface area contributed by atoms with Gasteiger partial charge in [-0.05, 0) is 17.9 Å². The van der Waals surface area contributed by atoms with Gasteiger partial charge in [0.1, 0.15) is 12.1 Å². The number of hydrogen-bond donors (Lipinski definition) is 3. The molecule has 1 aliphatic heterocycles. The van der Waals surface area contributed by atoms with Crippen molar-refractivity contribution in [3.63, 3.8) is 0 Å². The Labute approximate surface area is 126 Å². The molecule has 1 aliphatic rings. The molecule has 0 bridgehead atoms. The summed E-state index contributed by atoms with van der Waals surface area (Å²) in [5, 5.41) is 6.71. The summed E-state index contributed by atoms with van der Waals surface area (Å²) in [7, 11) is 0. The molecule has 6 heteroatoms. The molecule has 1 aromatic heterocycles. The molecule has 0 radical (unpaired) electrons. The average molecular weight is 303 g/mol. The van der Waals surface area contributed by atoms with Gasteiger partial charge >= 0.3 is 0 Å². The van der Waals surface area contributed by atoms with Gasteiger partial charge in [0, 0.05) is 29.3 Å². The van der Waals surface area contributed by atoms with Crippen LogP contribution in [0, 0.1) is 0 Å². The molecule has 3 rings (SSSR count). The second-order valence-corrected chi connectivity index (χ2v) is 6.05. The molecule has 0 unspecified atom stereocenters. The number of benzene rings is 1. The molecule has 2 heterocycles. The van der Waals surface area contributed by atoms with E-state index in [9.17, 15) is 9.59 Å². The van der Waals surface area contributed by atoms with Crippen LogP contribution in [0.1, 0.15) is 5.56 Å². The SMILES string of the molecule is CSC[C@H]1NC(=O)[C@@H](Cc2c[nH]c3ccccc23)NC1=O. The summed E-state index contributed by atoms with van der Waals surface area (Å²) >= 11 is 1.54. The van der Waals surface area contributed by atoms with E-state index in [2.05, 4.69) is 15.6 Å². The number of fused-ring (bicyclic) bond motifs is 1. The lowest BCUT2D eigenvalue weighted by atomic mass is 10.0. The fraction of sp³-hybridized carbons (Fsp3) is 0.333. The van der Waals surface area contributed by atoms with E-state index in [-0.39, 0.29) is 11.8 Å². The molecule has 1 saturated heterocycles. The Kier molecular flexibility index (Phi) is 3.88. The zero-order valence-electron chi connectivity index (χ0n) is 11.7. The highest BCUT2D eigenvalue weighted by molar-refractivity contribution is 7.98. The quantitative estimate of drug-likeness (QED) is 0.790. The number of carbonyl (C=O) groups excluding carboxylic acids is 2. The lowest BCUT2D eigenvalue weighted by Crippen LogP contribution is -2.63. The van der Waals surface area contributed by atoms with Crippen molar-refractivity contribution < 1.29 is 9.59 Å². The first-order valence-corrected chi connectivity index (χ1v) is 8.23. The van der Waals surface area contributed by atoms with Crippen LogP contribution in [0.5, 0.6) is 0 Å². The Morgan fingerprint density at radius 2 is 1.81 bits per heavy atom. The Morgan fingerprint density at radius 3 is 2.62 bits per heavy atom. The Morgan fingerprint density at radius 1 is 1.10 bits per heavy atom. The summed E-state index contributed by atoms with van der Waals surface area (Å²) in [4.78, 5) is 27.3. The molecule has 2 atom stereocenters. The first-order valence-electron chi connectivity index (χ1n) is 6.83. The number of amides is 2. The van der Waals surface area contributed by atoms with Gasteiger partial charge in [-0.15, -0.1) is 0 Å². The number of piperazine rings is 1. The van der Waals surface area contributed by atoms with E-state index in [1.165, 1.54) is 0 Å². The summed E-state index contributed by atoms with van der Waals surface area (Å²) in [6.45, 7) is 0. The minimum absolute atomic E-state index is 0.103. The average Bonchev–Trinajstić information content (AvgIpc) is 2.88. The third-order valence-electron chi connectivity index (χ3n) is 3.70. The van der Waals surface area contributed by atoms with Crippen LogP contribution in [0.2, 0.25) is 0 Å². The molecule has 110 valence electrons. The molecule has 0 spiro atoms. The van der Waals surface area contributed by atoms with Gasteiger partial charge in [0.05, 0.1) is 0 Å². The van der Waals surface area contributed by atoms with Crippen molar-refractivity contribution in [2.75, 3.05) is 12.0 Å². The first-order chi connectivity index (χ1) is 10.2. The van der Waals surface area contributed by atoms with E-state index < -0.39 is 12.1 Å². The van der Waals surface area contributed by atoms with Crippen LogP contribution in [0.25, 0.3) is 10.9 Å². The maximum atomic E-state index is 12.1. The van der Waals surface area contributed by atoms with Gasteiger partial charge in [0.25, 0.3) is 0 Å². The summed E-state index contributed by atoms with van der Waals surface area (Å²) < 4.78 is 0. The first kappa shape index (κ1) is 14.0. The molecule has 0 aliphatic carbocycles. The summed E-state index contributed by atoms with van der Waals surface area (Å²) in [5.74, 6) is 0.380. The number of carbonyl (C=O) groups is 2. The monoisotopic (exact) mass is 303 g/mol. The van der Waals surface area contributed by atoms with Crippen molar-refractivity contribution in [3.8, 4) is 0 Å². The van der Waals surface area contributed by atoms with Crippen LogP contribution >= 0.6 is 11.8 Å². The summed E-state index contributed by atoms with van der Waals surface area (Å²) in [6.07, 6.45) is 4.31. The molecule has 3 N–H and O–H groups in total. The van der Waals surface area contributed by atoms with Gasteiger partial charge in [-0.1, -0.05) is 18.2 Å². The lowest BCUT2D eigenvalue weighted by molar-refractivity contribution is -0.136. The van der Waals surface area contributed by atoms with E-state index in [4.69, 9.17) is 0 Å². The molecule has 1 aromatic carbocycles. The van der Waals surface area contributed by atoms with Gasteiger partial charge in [-0.2, -0.15) is 11.8 Å². The van der Waals surface area contributed by atoms with Gasteiger partial charge in [-0.3, -0.25) is 9.59 Å². The lowest BCUT2D eigenvalue weighted by Gasteiger charge is -2.29. The van der Waals surface area contributed by atoms with Crippen LogP contribution in [-0.2, 0) is 16.0 Å². The normalized spacial score (nSPS) is 22.1. The fourth-order valence-electron chi connectivity index (χ4n) is 2.62. The topological polar surface area (TPSA) is 74.0 Å². The zero-order valence-corrected chi connectivity index (χ0v) is 12.5. The second kappa shape index (κ2) is 5.81. The summed E-state index contributed by atoms with van der Waals surface area (Å²) in [5.41, 5.74) is 2.07. The van der Waals surface area contributed by atoms with E-state index in [1.807, 2.05) is 36.7 Å². The van der Waals surface area contributed by atoms with Gasteiger partial charge < -0.3 is 15.6 Å². The van der Waals surface area contributed by atoms with Gasteiger partial charge in [0.15, 0.2) is 0 Å². The van der Waals surface area contributed by atoms with Crippen molar-refractivity contribution in [3.05, 3.63) is 36.0 Å². The second-order valence-electron chi connectivity index (χ2n) is 5.14. The molecule has 2 aromatic rings. The standard InChI is InChI=1S/C15H17N3O2S/c1-21-8-13-15(20)17-12(14(19)18-13)6-9-7-16-11-5-3-2-4-10(9)11/h2-5,7,12-13,16H,6,8H2,1H3,(H,17,20)(H,18,19)/t12-,13-/m1/s1. The summed E-state index contributed by atoms with van der Waals surface area (Å²) in [6, 6.07) is 7.01. The highest BCUT2D eigenvalue weighted by Gasteiger charge is 2.33. The third-order valence-corrected chi connectivity index (χ3v) is 4.36. The number of hydrogen-bond acceptors (Lipinski definition) is 3. The maximum absolute atomic E-state index is 12.1. The van der Waals surface area contributed by atoms with Gasteiger partial charge in [-0.25, -0.2) is 0 Å². The Hall–Kier alpha value is -1.95. The van der Waals surface area contributed by atoms with Crippen LogP contribution < -0.4 is 10.6 Å². The highest BCUT2D eigenvalue weighted by atomic mass is 32.2. The number of nitrogens with one attached hydrogen (secondary N) is 3. The molecule has 2 amide bonds. The molecule has 0 saturated carbocycles. The number of rotatable bonds is 4. The fourth-order valence-corrected chi connectivity index (χ4v) is 3.19. The minimum atomic E-state index is -0.505. The molecule has 21 heavy (non-hydrogen) atoms. The predicted molar refractivity (Wildman–Crippen MR) is 84.2 cm³/mol. The Balaban J connectivity index is 1.76. The number of H-pyrrole nitrogens is 1. The van der Waals surface area contributed by atoms with Crippen LogP contribution in [0.15, 0.2) is 30.5 Å². The zero-order chi connectivity index (χ0) is 14.8. The largest absolute Gasteiger partial charge is 0.361 e. The maximum Gasteiger partial charge on any atom is 0.244 e. The Bertz CT molecular complexity index is 682. The smallest absolute Gasteiger partial charge is 0.244 e. The van der Waals surface area contributed by atoms with Crippen molar-refractivity contribution in [2.24, 2.45) is 0 Å². The van der Waals surface area contributed by atoms with E-state index >= 15 is 0 Å². The number of thioether (sulfide) groups is 1. The number of para-hydroxylation sites is 1. The number of aromatic nitrogens is 1. The van der Waals surface area contributed by atoms with E-state index in [0.29, 0.717) is 12.2 Å². The predicted octanol–water partition coefficient (Wildman–Crippen LogP) is 1.06. The van der Waals surface area contributed by atoms with Crippen LogP contribution in [0.4, 0.5) is 0 Å². The van der Waals surface area contributed by atoms with E-state index in [0.717, 1.165) is 16.5 Å².